The van der Waals surface area contributed by atoms with Crippen molar-refractivity contribution in [3.8, 4) is 0 Å². The molecule has 0 atom stereocenters. The van der Waals surface area contributed by atoms with E-state index < -0.39 is 9.84 Å². The average Bonchev–Trinajstić information content (AvgIpc) is 3.02. The topological polar surface area (TPSA) is 93.9 Å². The highest BCUT2D eigenvalue weighted by molar-refractivity contribution is 7.99. The third-order valence-corrected chi connectivity index (χ3v) is 6.46. The lowest BCUT2D eigenvalue weighted by Gasteiger charge is -2.06. The molecule has 0 aliphatic heterocycles. The third kappa shape index (κ3) is 4.96. The summed E-state index contributed by atoms with van der Waals surface area (Å²) in [6, 6.07) is 13.6. The first-order chi connectivity index (χ1) is 13.3. The minimum absolute atomic E-state index is 0.0504. The number of hydrogen-bond acceptors (Lipinski definition) is 6. The van der Waals surface area contributed by atoms with Crippen LogP contribution in [0.5, 0.6) is 0 Å². The first-order valence-electron chi connectivity index (χ1n) is 8.19. The van der Waals surface area contributed by atoms with Gasteiger partial charge in [0, 0.05) is 12.7 Å². The van der Waals surface area contributed by atoms with E-state index in [-0.39, 0.29) is 33.9 Å². The molecular weight excluding hydrogens is 403 g/mol. The number of halogens is 1. The van der Waals surface area contributed by atoms with Crippen LogP contribution in [0.15, 0.2) is 64.6 Å². The fourth-order valence-corrected chi connectivity index (χ4v) is 4.40. The number of carbonyl (C=O) groups is 1. The van der Waals surface area contributed by atoms with Crippen LogP contribution in [0.2, 0.25) is 0 Å². The van der Waals surface area contributed by atoms with E-state index in [0.717, 1.165) is 11.8 Å². The lowest BCUT2D eigenvalue weighted by atomic mass is 10.3. The number of rotatable bonds is 7. The summed E-state index contributed by atoms with van der Waals surface area (Å²) in [5, 5.41) is 11.0. The molecule has 0 radical (unpaired) electrons. The van der Waals surface area contributed by atoms with Gasteiger partial charge in [-0.1, -0.05) is 30.0 Å². The van der Waals surface area contributed by atoms with Gasteiger partial charge in [0.25, 0.3) is 0 Å². The maximum atomic E-state index is 12.9. The zero-order valence-corrected chi connectivity index (χ0v) is 16.5. The first-order valence-corrected chi connectivity index (χ1v) is 10.8. The molecule has 7 nitrogen and oxygen atoms in total. The van der Waals surface area contributed by atoms with E-state index in [0.29, 0.717) is 10.8 Å². The van der Waals surface area contributed by atoms with Crippen molar-refractivity contribution in [3.05, 3.63) is 66.2 Å². The van der Waals surface area contributed by atoms with Crippen molar-refractivity contribution in [1.82, 2.24) is 14.8 Å². The molecule has 1 amide bonds. The van der Waals surface area contributed by atoms with E-state index in [1.54, 1.807) is 29.8 Å². The van der Waals surface area contributed by atoms with Gasteiger partial charge in [0.2, 0.25) is 5.91 Å². The van der Waals surface area contributed by atoms with E-state index in [1.807, 2.05) is 0 Å². The summed E-state index contributed by atoms with van der Waals surface area (Å²) in [6.45, 7) is 0. The van der Waals surface area contributed by atoms with Gasteiger partial charge in [0.1, 0.15) is 17.4 Å². The fraction of sp³-hybridized carbons (Fsp3) is 0.167. The minimum Gasteiger partial charge on any atom is -0.325 e. The van der Waals surface area contributed by atoms with E-state index in [2.05, 4.69) is 15.5 Å². The Balaban J connectivity index is 1.61. The molecule has 28 heavy (non-hydrogen) atoms. The monoisotopic (exact) mass is 420 g/mol. The summed E-state index contributed by atoms with van der Waals surface area (Å²) in [6.07, 6.45) is 0. The predicted octanol–water partition coefficient (Wildman–Crippen LogP) is 2.66. The summed E-state index contributed by atoms with van der Waals surface area (Å²) in [5.41, 5.74) is 0.486. The van der Waals surface area contributed by atoms with Crippen molar-refractivity contribution in [2.75, 3.05) is 11.1 Å². The van der Waals surface area contributed by atoms with Crippen molar-refractivity contribution >= 4 is 33.2 Å². The van der Waals surface area contributed by atoms with E-state index in [9.17, 15) is 17.6 Å². The Morgan fingerprint density at radius 3 is 2.46 bits per heavy atom. The number of sulfone groups is 1. The first kappa shape index (κ1) is 20.0. The highest BCUT2D eigenvalue weighted by Gasteiger charge is 2.20. The molecular formula is C18H17FN4O3S2. The number of amides is 1. The zero-order valence-electron chi connectivity index (χ0n) is 14.9. The molecule has 0 spiro atoms. The Kier molecular flexibility index (Phi) is 6.10. The van der Waals surface area contributed by atoms with E-state index in [4.69, 9.17) is 0 Å². The number of anilines is 1. The van der Waals surface area contributed by atoms with Crippen LogP contribution >= 0.6 is 11.8 Å². The quantitative estimate of drug-likeness (QED) is 0.591. The summed E-state index contributed by atoms with van der Waals surface area (Å²) in [5.74, 6) is -0.634. The Labute approximate surface area is 165 Å². The molecule has 10 heteroatoms. The van der Waals surface area contributed by atoms with Gasteiger partial charge < -0.3 is 9.88 Å². The number of thioether (sulfide) groups is 1. The maximum absolute atomic E-state index is 12.9. The van der Waals surface area contributed by atoms with Crippen LogP contribution in [0, 0.1) is 5.82 Å². The highest BCUT2D eigenvalue weighted by Crippen LogP contribution is 2.20. The lowest BCUT2D eigenvalue weighted by molar-refractivity contribution is -0.113. The van der Waals surface area contributed by atoms with Crippen molar-refractivity contribution in [3.63, 3.8) is 0 Å². The molecule has 1 heterocycles. The van der Waals surface area contributed by atoms with Crippen LogP contribution in [-0.4, -0.2) is 34.8 Å². The summed E-state index contributed by atoms with van der Waals surface area (Å²) < 4.78 is 39.4. The van der Waals surface area contributed by atoms with Crippen molar-refractivity contribution in [2.45, 2.75) is 15.8 Å². The molecule has 0 unspecified atom stereocenters. The molecule has 0 saturated carbocycles. The Bertz CT molecular complexity index is 1070. The van der Waals surface area contributed by atoms with Gasteiger partial charge >= 0.3 is 0 Å². The van der Waals surface area contributed by atoms with Crippen LogP contribution in [0.3, 0.4) is 0 Å². The van der Waals surface area contributed by atoms with Gasteiger partial charge in [-0.25, -0.2) is 12.8 Å². The number of benzene rings is 2. The molecule has 0 saturated heterocycles. The van der Waals surface area contributed by atoms with Crippen molar-refractivity contribution in [2.24, 2.45) is 7.05 Å². The highest BCUT2D eigenvalue weighted by atomic mass is 32.2. The molecule has 2 aromatic carbocycles. The van der Waals surface area contributed by atoms with E-state index >= 15 is 0 Å². The van der Waals surface area contributed by atoms with Crippen LogP contribution in [0.1, 0.15) is 5.82 Å². The second kappa shape index (κ2) is 8.53. The van der Waals surface area contributed by atoms with Gasteiger partial charge in [0.15, 0.2) is 15.0 Å². The molecule has 3 aromatic rings. The molecule has 0 fully saturated rings. The Hall–Kier alpha value is -2.72. The van der Waals surface area contributed by atoms with Crippen LogP contribution < -0.4 is 5.32 Å². The number of nitrogens with one attached hydrogen (secondary N) is 1. The SMILES string of the molecule is Cn1c(CS(=O)(=O)c2ccccc2)nnc1SCC(=O)Nc1ccc(F)cc1. The van der Waals surface area contributed by atoms with Crippen LogP contribution in [0.4, 0.5) is 10.1 Å². The van der Waals surface area contributed by atoms with Crippen molar-refractivity contribution < 1.29 is 17.6 Å². The summed E-state index contributed by atoms with van der Waals surface area (Å²) in [4.78, 5) is 12.2. The van der Waals surface area contributed by atoms with Crippen LogP contribution in [-0.2, 0) is 27.4 Å². The second-order valence-electron chi connectivity index (χ2n) is 5.87. The second-order valence-corrected chi connectivity index (χ2v) is 8.81. The van der Waals surface area contributed by atoms with Gasteiger partial charge in [-0.15, -0.1) is 10.2 Å². The third-order valence-electron chi connectivity index (χ3n) is 3.81. The molecule has 0 aliphatic carbocycles. The summed E-state index contributed by atoms with van der Waals surface area (Å²) in [7, 11) is -1.89. The lowest BCUT2D eigenvalue weighted by Crippen LogP contribution is -2.14. The van der Waals surface area contributed by atoms with Gasteiger partial charge in [0.05, 0.1) is 10.6 Å². The van der Waals surface area contributed by atoms with Crippen molar-refractivity contribution in [1.29, 1.82) is 0 Å². The van der Waals surface area contributed by atoms with Gasteiger partial charge in [-0.2, -0.15) is 0 Å². The maximum Gasteiger partial charge on any atom is 0.234 e. The predicted molar refractivity (Wildman–Crippen MR) is 104 cm³/mol. The molecule has 3 rings (SSSR count). The molecule has 1 aromatic heterocycles. The fourth-order valence-electron chi connectivity index (χ4n) is 2.34. The number of nitrogens with zero attached hydrogens (tertiary/aromatic N) is 3. The Morgan fingerprint density at radius 2 is 1.79 bits per heavy atom. The molecule has 0 aliphatic rings. The molecule has 1 N–H and O–H groups in total. The normalized spacial score (nSPS) is 11.4. The number of aromatic nitrogens is 3. The Morgan fingerprint density at radius 1 is 1.11 bits per heavy atom. The molecule has 146 valence electrons. The summed E-state index contributed by atoms with van der Waals surface area (Å²) >= 11 is 1.13. The molecule has 0 bridgehead atoms. The van der Waals surface area contributed by atoms with Gasteiger partial charge in [-0.05, 0) is 36.4 Å². The smallest absolute Gasteiger partial charge is 0.234 e. The van der Waals surface area contributed by atoms with Crippen LogP contribution in [0.25, 0.3) is 0 Å². The zero-order chi connectivity index (χ0) is 20.1. The minimum atomic E-state index is -3.54. The van der Waals surface area contributed by atoms with E-state index in [1.165, 1.54) is 36.4 Å². The standard InChI is InChI=1S/C18H17FN4O3S2/c1-23-16(12-28(25,26)15-5-3-2-4-6-15)21-22-18(23)27-11-17(24)20-14-9-7-13(19)8-10-14/h2-10H,11-12H2,1H3,(H,20,24). The number of carbonyl (C=O) groups excluding carboxylic acids is 1. The van der Waals surface area contributed by atoms with Gasteiger partial charge in [-0.3, -0.25) is 4.79 Å². The number of hydrogen-bond donors (Lipinski definition) is 1. The largest absolute Gasteiger partial charge is 0.325 e. The average molecular weight is 420 g/mol.